The number of hydrogen-bond acceptors (Lipinski definition) is 5. The number of carbonyl (C=O) groups excluding carboxylic acids is 1. The predicted molar refractivity (Wildman–Crippen MR) is 105 cm³/mol. The summed E-state index contributed by atoms with van der Waals surface area (Å²) in [6, 6.07) is 14.0. The second-order valence-corrected chi connectivity index (χ2v) is 6.20. The normalized spacial score (nSPS) is 10.7. The summed E-state index contributed by atoms with van der Waals surface area (Å²) in [5.41, 5.74) is 0.438. The van der Waals surface area contributed by atoms with Crippen LogP contribution in [0.1, 0.15) is 0 Å². The van der Waals surface area contributed by atoms with Crippen molar-refractivity contribution in [3.63, 3.8) is 0 Å². The van der Waals surface area contributed by atoms with Gasteiger partial charge in [-0.15, -0.1) is 0 Å². The summed E-state index contributed by atoms with van der Waals surface area (Å²) >= 11 is 0. The van der Waals surface area contributed by atoms with Gasteiger partial charge in [0.15, 0.2) is 0 Å². The molecule has 0 fully saturated rings. The van der Waals surface area contributed by atoms with Gasteiger partial charge in [0.05, 0.1) is 17.2 Å². The molecule has 8 heteroatoms. The quantitative estimate of drug-likeness (QED) is 0.565. The van der Waals surface area contributed by atoms with Gasteiger partial charge in [0, 0.05) is 18.1 Å². The highest BCUT2D eigenvalue weighted by Gasteiger charge is 2.09. The van der Waals surface area contributed by atoms with Gasteiger partial charge in [-0.3, -0.25) is 19.1 Å². The molecule has 0 spiro atoms. The highest BCUT2D eigenvalue weighted by Crippen LogP contribution is 2.22. The minimum absolute atomic E-state index is 0.123. The lowest BCUT2D eigenvalue weighted by molar-refractivity contribution is -0.116. The van der Waals surface area contributed by atoms with Gasteiger partial charge in [-0.2, -0.15) is 0 Å². The molecular weight excluding hydrogens is 375 g/mol. The molecule has 29 heavy (non-hydrogen) atoms. The van der Waals surface area contributed by atoms with Crippen molar-refractivity contribution in [2.75, 3.05) is 5.32 Å². The van der Waals surface area contributed by atoms with Crippen molar-refractivity contribution in [2.24, 2.45) is 0 Å². The molecule has 0 bridgehead atoms. The maximum atomic E-state index is 13.4. The van der Waals surface area contributed by atoms with Crippen molar-refractivity contribution >= 4 is 22.5 Å². The van der Waals surface area contributed by atoms with E-state index in [1.165, 1.54) is 18.5 Å². The van der Waals surface area contributed by atoms with Crippen molar-refractivity contribution in [1.29, 1.82) is 0 Å². The van der Waals surface area contributed by atoms with Crippen molar-refractivity contribution in [3.8, 4) is 11.5 Å². The number of nitrogens with one attached hydrogen (secondary N) is 1. The maximum Gasteiger partial charge on any atom is 0.261 e. The molecule has 2 heterocycles. The lowest BCUT2D eigenvalue weighted by atomic mass is 10.2. The largest absolute Gasteiger partial charge is 0.457 e. The molecule has 1 N–H and O–H groups in total. The number of ether oxygens (including phenoxy) is 1. The van der Waals surface area contributed by atoms with Gasteiger partial charge < -0.3 is 10.1 Å². The number of pyridine rings is 1. The summed E-state index contributed by atoms with van der Waals surface area (Å²) in [6.07, 6.45) is 4.53. The second-order valence-electron chi connectivity index (χ2n) is 6.20. The Morgan fingerprint density at radius 2 is 1.76 bits per heavy atom. The fourth-order valence-corrected chi connectivity index (χ4v) is 2.75. The summed E-state index contributed by atoms with van der Waals surface area (Å²) in [6.45, 7) is -0.243. The first-order valence-corrected chi connectivity index (χ1v) is 8.71. The smallest absolute Gasteiger partial charge is 0.261 e. The molecule has 0 saturated heterocycles. The van der Waals surface area contributed by atoms with Crippen LogP contribution in [0.5, 0.6) is 11.5 Å². The van der Waals surface area contributed by atoms with E-state index in [9.17, 15) is 14.0 Å². The van der Waals surface area contributed by atoms with Crippen LogP contribution in [-0.4, -0.2) is 20.4 Å². The Morgan fingerprint density at radius 1 is 1.03 bits per heavy atom. The summed E-state index contributed by atoms with van der Waals surface area (Å²) < 4.78 is 20.2. The fourth-order valence-electron chi connectivity index (χ4n) is 2.75. The van der Waals surface area contributed by atoms with E-state index in [1.54, 1.807) is 48.8 Å². The zero-order valence-corrected chi connectivity index (χ0v) is 15.1. The Bertz CT molecular complexity index is 1220. The van der Waals surface area contributed by atoms with Crippen molar-refractivity contribution < 1.29 is 13.9 Å². The molecule has 7 nitrogen and oxygen atoms in total. The molecule has 1 amide bonds. The summed E-state index contributed by atoms with van der Waals surface area (Å²) in [5, 5.41) is 2.83. The molecule has 4 aromatic rings. The molecule has 2 aromatic carbocycles. The molecule has 0 aliphatic carbocycles. The van der Waals surface area contributed by atoms with Gasteiger partial charge in [-0.05, 0) is 54.6 Å². The van der Waals surface area contributed by atoms with Gasteiger partial charge >= 0.3 is 0 Å². The third-order valence-corrected chi connectivity index (χ3v) is 4.12. The zero-order valence-electron chi connectivity index (χ0n) is 15.1. The number of hydrogen-bond donors (Lipinski definition) is 1. The van der Waals surface area contributed by atoms with E-state index in [0.717, 1.165) is 10.6 Å². The van der Waals surface area contributed by atoms with E-state index in [1.807, 2.05) is 0 Å². The van der Waals surface area contributed by atoms with Gasteiger partial charge in [-0.1, -0.05) is 0 Å². The summed E-state index contributed by atoms with van der Waals surface area (Å²) in [4.78, 5) is 32.8. The second kappa shape index (κ2) is 7.89. The van der Waals surface area contributed by atoms with Crippen LogP contribution in [0.2, 0.25) is 0 Å². The van der Waals surface area contributed by atoms with Crippen LogP contribution in [-0.2, 0) is 11.3 Å². The minimum atomic E-state index is -0.535. The van der Waals surface area contributed by atoms with Crippen LogP contribution >= 0.6 is 0 Å². The lowest BCUT2D eigenvalue weighted by Crippen LogP contribution is -2.27. The number of amides is 1. The monoisotopic (exact) mass is 390 g/mol. The molecule has 144 valence electrons. The third-order valence-electron chi connectivity index (χ3n) is 4.12. The van der Waals surface area contributed by atoms with Gasteiger partial charge in [0.2, 0.25) is 5.91 Å². The molecule has 0 unspecified atom stereocenters. The fraction of sp³-hybridized carbons (Fsp3) is 0.0476. The Morgan fingerprint density at radius 3 is 2.52 bits per heavy atom. The molecule has 0 aliphatic rings. The number of fused-ring (bicyclic) bond motifs is 1. The van der Waals surface area contributed by atoms with Crippen LogP contribution in [0.3, 0.4) is 0 Å². The Balaban J connectivity index is 1.44. The number of halogens is 1. The van der Waals surface area contributed by atoms with Crippen molar-refractivity contribution in [2.45, 2.75) is 6.54 Å². The topological polar surface area (TPSA) is 86.1 Å². The highest BCUT2D eigenvalue weighted by molar-refractivity contribution is 5.90. The first-order valence-electron chi connectivity index (χ1n) is 8.71. The number of rotatable bonds is 5. The van der Waals surface area contributed by atoms with Crippen LogP contribution in [0.15, 0.2) is 78.1 Å². The first-order chi connectivity index (χ1) is 14.1. The summed E-state index contributed by atoms with van der Waals surface area (Å²) in [5.74, 6) is 0.308. The van der Waals surface area contributed by atoms with Crippen LogP contribution in [0, 0.1) is 5.82 Å². The average Bonchev–Trinajstić information content (AvgIpc) is 2.73. The molecule has 0 atom stereocenters. The van der Waals surface area contributed by atoms with Crippen LogP contribution < -0.4 is 15.6 Å². The van der Waals surface area contributed by atoms with Gasteiger partial charge in [0.25, 0.3) is 5.56 Å². The molecule has 0 radical (unpaired) electrons. The van der Waals surface area contributed by atoms with Gasteiger partial charge in [-0.25, -0.2) is 9.37 Å². The van der Waals surface area contributed by atoms with E-state index >= 15 is 0 Å². The Labute approximate surface area is 164 Å². The molecule has 4 rings (SSSR count). The average molecular weight is 390 g/mol. The van der Waals surface area contributed by atoms with E-state index in [2.05, 4.69) is 15.3 Å². The Kier molecular flexibility index (Phi) is 4.98. The summed E-state index contributed by atoms with van der Waals surface area (Å²) in [7, 11) is 0. The standard InChI is InChI=1S/C21H15FN4O3/c22-14-1-6-19-18(11-14)21(28)26(13-24-19)12-20(27)25-15-2-4-16(5-3-15)29-17-7-9-23-10-8-17/h1-11,13H,12H2,(H,25,27). The highest BCUT2D eigenvalue weighted by atomic mass is 19.1. The molecule has 0 saturated carbocycles. The molecular formula is C21H15FN4O3. The zero-order chi connectivity index (χ0) is 20.2. The molecule has 2 aromatic heterocycles. The van der Waals surface area contributed by atoms with Gasteiger partial charge in [0.1, 0.15) is 23.9 Å². The van der Waals surface area contributed by atoms with E-state index < -0.39 is 17.3 Å². The minimum Gasteiger partial charge on any atom is -0.457 e. The number of carbonyl (C=O) groups is 1. The lowest BCUT2D eigenvalue weighted by Gasteiger charge is -2.09. The van der Waals surface area contributed by atoms with Crippen LogP contribution in [0.4, 0.5) is 10.1 Å². The van der Waals surface area contributed by atoms with Crippen molar-refractivity contribution in [1.82, 2.24) is 14.5 Å². The maximum absolute atomic E-state index is 13.4. The first kappa shape index (κ1) is 18.3. The number of benzene rings is 2. The Hall–Kier alpha value is -4.07. The van der Waals surface area contributed by atoms with Crippen LogP contribution in [0.25, 0.3) is 10.9 Å². The van der Waals surface area contributed by atoms with E-state index in [-0.39, 0.29) is 11.9 Å². The molecule has 0 aliphatic heterocycles. The predicted octanol–water partition coefficient (Wildman–Crippen LogP) is 3.36. The van der Waals surface area contributed by atoms with E-state index in [0.29, 0.717) is 22.7 Å². The number of nitrogens with zero attached hydrogens (tertiary/aromatic N) is 3. The number of anilines is 1. The van der Waals surface area contributed by atoms with E-state index in [4.69, 9.17) is 4.74 Å². The SMILES string of the molecule is O=C(Cn1cnc2ccc(F)cc2c1=O)Nc1ccc(Oc2ccncc2)cc1. The number of aromatic nitrogens is 3. The third kappa shape index (κ3) is 4.27. The van der Waals surface area contributed by atoms with Crippen molar-refractivity contribution in [3.05, 3.63) is 89.5 Å².